The lowest BCUT2D eigenvalue weighted by atomic mass is 10.1. The molecular formula is C16H27ClN2O. The van der Waals surface area contributed by atoms with Crippen molar-refractivity contribution in [2.45, 2.75) is 45.4 Å². The fourth-order valence-electron chi connectivity index (χ4n) is 2.00. The lowest BCUT2D eigenvalue weighted by molar-refractivity contribution is 0.101. The molecule has 0 radical (unpaired) electrons. The lowest BCUT2D eigenvalue weighted by Crippen LogP contribution is -2.44. The van der Waals surface area contributed by atoms with Crippen LogP contribution in [0.25, 0.3) is 0 Å². The summed E-state index contributed by atoms with van der Waals surface area (Å²) in [7, 11) is 2.02. The van der Waals surface area contributed by atoms with Crippen LogP contribution in [0.5, 0.6) is 0 Å². The molecule has 0 amide bonds. The molecule has 1 rings (SSSR count). The number of likely N-dealkylation sites (N-methyl/N-ethyl adjacent to an activating group) is 1. The first-order valence-electron chi connectivity index (χ1n) is 7.08. The largest absolute Gasteiger partial charge is 0.390 e. The van der Waals surface area contributed by atoms with E-state index in [0.717, 1.165) is 10.6 Å². The van der Waals surface area contributed by atoms with Crippen LogP contribution in [0.2, 0.25) is 5.02 Å². The van der Waals surface area contributed by atoms with Crippen LogP contribution < -0.4 is 5.32 Å². The highest BCUT2D eigenvalue weighted by Crippen LogP contribution is 2.21. The minimum Gasteiger partial charge on any atom is -0.390 e. The first-order valence-corrected chi connectivity index (χ1v) is 7.45. The van der Waals surface area contributed by atoms with Crippen molar-refractivity contribution in [3.05, 3.63) is 34.9 Å². The first-order chi connectivity index (χ1) is 9.19. The summed E-state index contributed by atoms with van der Waals surface area (Å²) in [4.78, 5) is 2.14. The third-order valence-electron chi connectivity index (χ3n) is 3.36. The molecule has 3 nitrogen and oxygen atoms in total. The summed E-state index contributed by atoms with van der Waals surface area (Å²) in [6.45, 7) is 9.62. The molecule has 2 unspecified atom stereocenters. The number of nitrogens with zero attached hydrogens (tertiary/aromatic N) is 1. The molecule has 1 aromatic carbocycles. The van der Waals surface area contributed by atoms with Gasteiger partial charge < -0.3 is 10.4 Å². The van der Waals surface area contributed by atoms with Gasteiger partial charge in [-0.05, 0) is 52.4 Å². The third-order valence-corrected chi connectivity index (χ3v) is 3.59. The number of benzene rings is 1. The molecule has 0 bridgehead atoms. The quantitative estimate of drug-likeness (QED) is 0.847. The Bertz CT molecular complexity index is 417. The Kier molecular flexibility index (Phi) is 6.46. The van der Waals surface area contributed by atoms with Crippen LogP contribution in [0.1, 0.15) is 39.3 Å². The molecule has 0 aliphatic carbocycles. The molecule has 0 aliphatic heterocycles. The number of hydrogen-bond donors (Lipinski definition) is 2. The van der Waals surface area contributed by atoms with Crippen molar-refractivity contribution in [2.24, 2.45) is 0 Å². The molecule has 0 aliphatic rings. The zero-order chi connectivity index (χ0) is 15.3. The minimum absolute atomic E-state index is 0.0259. The fraction of sp³-hybridized carbons (Fsp3) is 0.625. The third kappa shape index (κ3) is 6.23. The molecule has 0 heterocycles. The molecule has 0 aromatic heterocycles. The second-order valence-corrected chi connectivity index (χ2v) is 6.89. The van der Waals surface area contributed by atoms with E-state index in [1.807, 2.05) is 25.2 Å². The van der Waals surface area contributed by atoms with Crippen molar-refractivity contribution in [3.63, 3.8) is 0 Å². The van der Waals surface area contributed by atoms with E-state index < -0.39 is 0 Å². The van der Waals surface area contributed by atoms with Crippen LogP contribution >= 0.6 is 11.6 Å². The first kappa shape index (κ1) is 17.4. The lowest BCUT2D eigenvalue weighted by Gasteiger charge is -2.29. The van der Waals surface area contributed by atoms with Gasteiger partial charge in [-0.3, -0.25) is 4.90 Å². The number of halogens is 1. The number of aliphatic hydroxyl groups is 1. The zero-order valence-electron chi connectivity index (χ0n) is 13.2. The van der Waals surface area contributed by atoms with Gasteiger partial charge in [0.05, 0.1) is 6.10 Å². The van der Waals surface area contributed by atoms with Crippen molar-refractivity contribution >= 4 is 11.6 Å². The van der Waals surface area contributed by atoms with Gasteiger partial charge >= 0.3 is 0 Å². The summed E-state index contributed by atoms with van der Waals surface area (Å²) in [5, 5.41) is 14.2. The summed E-state index contributed by atoms with van der Waals surface area (Å²) in [6, 6.07) is 8.09. The van der Waals surface area contributed by atoms with Crippen molar-refractivity contribution < 1.29 is 5.11 Å². The number of aliphatic hydroxyl groups excluding tert-OH is 1. The van der Waals surface area contributed by atoms with Crippen LogP contribution in [-0.2, 0) is 0 Å². The Morgan fingerprint density at radius 2 is 2.00 bits per heavy atom. The van der Waals surface area contributed by atoms with Gasteiger partial charge in [0.2, 0.25) is 0 Å². The Morgan fingerprint density at radius 1 is 1.35 bits per heavy atom. The topological polar surface area (TPSA) is 35.5 Å². The molecule has 0 saturated carbocycles. The Hall–Kier alpha value is -0.610. The highest BCUT2D eigenvalue weighted by Gasteiger charge is 2.17. The van der Waals surface area contributed by atoms with E-state index in [9.17, 15) is 5.11 Å². The number of rotatable bonds is 6. The molecule has 0 saturated heterocycles. The van der Waals surface area contributed by atoms with Gasteiger partial charge in [0.1, 0.15) is 0 Å². The predicted octanol–water partition coefficient (Wildman–Crippen LogP) is 3.08. The summed E-state index contributed by atoms with van der Waals surface area (Å²) < 4.78 is 0. The van der Waals surface area contributed by atoms with Crippen LogP contribution in [0, 0.1) is 0 Å². The van der Waals surface area contributed by atoms with E-state index in [1.165, 1.54) is 0 Å². The summed E-state index contributed by atoms with van der Waals surface area (Å²) in [5.41, 5.74) is 1.19. The van der Waals surface area contributed by atoms with E-state index >= 15 is 0 Å². The van der Waals surface area contributed by atoms with E-state index in [0.29, 0.717) is 13.1 Å². The molecule has 4 heteroatoms. The van der Waals surface area contributed by atoms with Crippen molar-refractivity contribution in [3.8, 4) is 0 Å². The van der Waals surface area contributed by atoms with Gasteiger partial charge in [-0.15, -0.1) is 0 Å². The Morgan fingerprint density at radius 3 is 2.55 bits per heavy atom. The Labute approximate surface area is 127 Å². The summed E-state index contributed by atoms with van der Waals surface area (Å²) in [6.07, 6.45) is -0.388. The second kappa shape index (κ2) is 7.41. The SMILES string of the molecule is CC(c1cccc(Cl)c1)N(C)CC(O)CNC(C)(C)C. The normalized spacial score (nSPS) is 15.4. The van der Waals surface area contributed by atoms with Crippen molar-refractivity contribution in [1.29, 1.82) is 0 Å². The molecule has 0 spiro atoms. The number of β-amino-alcohol motifs (C(OH)–C–C–N with tert-alkyl or cyclic N) is 1. The average Bonchev–Trinajstić information content (AvgIpc) is 2.34. The maximum absolute atomic E-state index is 10.1. The van der Waals surface area contributed by atoms with E-state index in [4.69, 9.17) is 11.6 Å². The monoisotopic (exact) mass is 298 g/mol. The minimum atomic E-state index is -0.388. The maximum atomic E-state index is 10.1. The van der Waals surface area contributed by atoms with Gasteiger partial charge in [-0.1, -0.05) is 23.7 Å². The molecule has 0 fully saturated rings. The van der Waals surface area contributed by atoms with Crippen LogP contribution in [0.3, 0.4) is 0 Å². The van der Waals surface area contributed by atoms with Gasteiger partial charge in [0.25, 0.3) is 0 Å². The summed E-state index contributed by atoms with van der Waals surface area (Å²) >= 11 is 6.02. The Balaban J connectivity index is 2.51. The predicted molar refractivity (Wildman–Crippen MR) is 86.3 cm³/mol. The number of hydrogen-bond acceptors (Lipinski definition) is 3. The van der Waals surface area contributed by atoms with Crippen LogP contribution in [0.15, 0.2) is 24.3 Å². The molecule has 2 atom stereocenters. The maximum Gasteiger partial charge on any atom is 0.0791 e. The van der Waals surface area contributed by atoms with E-state index in [2.05, 4.69) is 44.0 Å². The molecular weight excluding hydrogens is 272 g/mol. The van der Waals surface area contributed by atoms with E-state index in [1.54, 1.807) is 0 Å². The summed E-state index contributed by atoms with van der Waals surface area (Å²) in [5.74, 6) is 0. The number of nitrogens with one attached hydrogen (secondary N) is 1. The second-order valence-electron chi connectivity index (χ2n) is 6.46. The molecule has 114 valence electrons. The van der Waals surface area contributed by atoms with Crippen LogP contribution in [-0.4, -0.2) is 41.8 Å². The molecule has 20 heavy (non-hydrogen) atoms. The fourth-order valence-corrected chi connectivity index (χ4v) is 2.20. The smallest absolute Gasteiger partial charge is 0.0791 e. The molecule has 2 N–H and O–H groups in total. The zero-order valence-corrected chi connectivity index (χ0v) is 13.9. The van der Waals surface area contributed by atoms with Gasteiger partial charge in [0.15, 0.2) is 0 Å². The highest BCUT2D eigenvalue weighted by atomic mass is 35.5. The van der Waals surface area contributed by atoms with Crippen LogP contribution in [0.4, 0.5) is 0 Å². The van der Waals surface area contributed by atoms with Gasteiger partial charge in [0, 0.05) is 29.7 Å². The highest BCUT2D eigenvalue weighted by molar-refractivity contribution is 6.30. The standard InChI is InChI=1S/C16H27ClN2O/c1-12(13-7-6-8-14(17)9-13)19(5)11-15(20)10-18-16(2,3)4/h6-9,12,15,18,20H,10-11H2,1-5H3. The molecule has 1 aromatic rings. The van der Waals surface area contributed by atoms with Crippen molar-refractivity contribution in [1.82, 2.24) is 10.2 Å². The van der Waals surface area contributed by atoms with Gasteiger partial charge in [-0.2, -0.15) is 0 Å². The van der Waals surface area contributed by atoms with Crippen molar-refractivity contribution in [2.75, 3.05) is 20.1 Å². The van der Waals surface area contributed by atoms with E-state index in [-0.39, 0.29) is 17.7 Å². The average molecular weight is 299 g/mol. The van der Waals surface area contributed by atoms with Gasteiger partial charge in [-0.25, -0.2) is 0 Å².